The normalized spacial score (nSPS) is 12.9. The van der Waals surface area contributed by atoms with E-state index in [4.69, 9.17) is 9.52 Å². The molecule has 1 atom stereocenters. The van der Waals surface area contributed by atoms with Crippen LogP contribution in [0.5, 0.6) is 0 Å². The number of furan rings is 1. The van der Waals surface area contributed by atoms with Crippen molar-refractivity contribution in [1.82, 2.24) is 5.32 Å². The predicted molar refractivity (Wildman–Crippen MR) is 75.3 cm³/mol. The van der Waals surface area contributed by atoms with E-state index in [2.05, 4.69) is 5.32 Å². The Labute approximate surface area is 119 Å². The van der Waals surface area contributed by atoms with Crippen molar-refractivity contribution in [3.8, 4) is 0 Å². The van der Waals surface area contributed by atoms with Gasteiger partial charge in [-0.3, -0.25) is 9.59 Å². The summed E-state index contributed by atoms with van der Waals surface area (Å²) in [6, 6.07) is 3.78. The van der Waals surface area contributed by atoms with Crippen LogP contribution in [0.15, 0.2) is 22.8 Å². The van der Waals surface area contributed by atoms with Crippen LogP contribution in [0.25, 0.3) is 0 Å². The lowest BCUT2D eigenvalue weighted by Crippen LogP contribution is -2.36. The Balaban J connectivity index is 2.32. The molecule has 1 aromatic heterocycles. The van der Waals surface area contributed by atoms with Crippen molar-refractivity contribution in [1.29, 1.82) is 0 Å². The summed E-state index contributed by atoms with van der Waals surface area (Å²) in [5, 5.41) is 11.7. The lowest BCUT2D eigenvalue weighted by molar-refractivity contribution is -0.139. The zero-order chi connectivity index (χ0) is 15.2. The van der Waals surface area contributed by atoms with Gasteiger partial charge in [-0.05, 0) is 30.9 Å². The minimum Gasteiger partial charge on any atom is -0.481 e. The van der Waals surface area contributed by atoms with Gasteiger partial charge in [-0.1, -0.05) is 13.8 Å². The maximum absolute atomic E-state index is 11.9. The lowest BCUT2D eigenvalue weighted by atomic mass is 9.85. The Hall–Kier alpha value is -1.78. The van der Waals surface area contributed by atoms with Gasteiger partial charge in [0.15, 0.2) is 0 Å². The number of hydrogen-bond acceptors (Lipinski definition) is 3. The van der Waals surface area contributed by atoms with E-state index in [1.165, 1.54) is 0 Å². The van der Waals surface area contributed by atoms with E-state index in [0.717, 1.165) is 18.6 Å². The first-order valence-electron chi connectivity index (χ1n) is 6.82. The Bertz CT molecular complexity index is 437. The van der Waals surface area contributed by atoms with Crippen molar-refractivity contribution in [3.63, 3.8) is 0 Å². The van der Waals surface area contributed by atoms with Gasteiger partial charge in [0.25, 0.3) is 0 Å². The van der Waals surface area contributed by atoms with Crippen LogP contribution in [-0.2, 0) is 16.0 Å². The quantitative estimate of drug-likeness (QED) is 0.767. The maximum atomic E-state index is 11.9. The van der Waals surface area contributed by atoms with E-state index < -0.39 is 11.4 Å². The molecule has 112 valence electrons. The Morgan fingerprint density at radius 2 is 2.10 bits per heavy atom. The lowest BCUT2D eigenvalue weighted by Gasteiger charge is -2.23. The number of carbonyl (C=O) groups excluding carboxylic acids is 1. The summed E-state index contributed by atoms with van der Waals surface area (Å²) >= 11 is 0. The van der Waals surface area contributed by atoms with Crippen molar-refractivity contribution in [2.24, 2.45) is 5.41 Å². The molecule has 0 radical (unpaired) electrons. The molecule has 0 aliphatic heterocycles. The minimum absolute atomic E-state index is 0.0127. The average molecular weight is 281 g/mol. The Kier molecular flexibility index (Phi) is 5.80. The third-order valence-electron chi connectivity index (χ3n) is 3.08. The van der Waals surface area contributed by atoms with Crippen molar-refractivity contribution in [2.45, 2.75) is 52.5 Å². The molecule has 0 aliphatic rings. The van der Waals surface area contributed by atoms with Crippen LogP contribution in [0.4, 0.5) is 0 Å². The molecule has 0 saturated heterocycles. The molecular formula is C15H23NO4. The van der Waals surface area contributed by atoms with Gasteiger partial charge in [-0.25, -0.2) is 0 Å². The number of rotatable bonds is 8. The average Bonchev–Trinajstić information content (AvgIpc) is 2.75. The summed E-state index contributed by atoms with van der Waals surface area (Å²) in [5.74, 6) is -0.0887. The first kappa shape index (κ1) is 16.3. The van der Waals surface area contributed by atoms with Gasteiger partial charge >= 0.3 is 5.97 Å². The van der Waals surface area contributed by atoms with Gasteiger partial charge in [0.2, 0.25) is 5.91 Å². The smallest absolute Gasteiger partial charge is 0.303 e. The fourth-order valence-corrected chi connectivity index (χ4v) is 2.12. The van der Waals surface area contributed by atoms with Gasteiger partial charge < -0.3 is 14.8 Å². The van der Waals surface area contributed by atoms with Crippen LogP contribution in [0.2, 0.25) is 0 Å². The number of amides is 1. The zero-order valence-electron chi connectivity index (χ0n) is 12.3. The van der Waals surface area contributed by atoms with Gasteiger partial charge in [-0.15, -0.1) is 0 Å². The van der Waals surface area contributed by atoms with Crippen molar-refractivity contribution in [3.05, 3.63) is 24.2 Å². The number of carboxylic acids is 1. The standard InChI is InChI=1S/C15H23NO4/c1-11(6-7-12-5-4-8-20-12)16-13(17)9-15(2,3)10-14(18)19/h4-5,8,11H,6-7,9-10H2,1-3H3,(H,16,17)(H,18,19). The molecular weight excluding hydrogens is 258 g/mol. The molecule has 1 rings (SSSR count). The summed E-state index contributed by atoms with van der Waals surface area (Å²) < 4.78 is 5.24. The van der Waals surface area contributed by atoms with Crippen molar-refractivity contribution in [2.75, 3.05) is 0 Å². The number of hydrogen-bond donors (Lipinski definition) is 2. The molecule has 1 amide bonds. The number of aryl methyl sites for hydroxylation is 1. The first-order chi connectivity index (χ1) is 9.28. The number of carbonyl (C=O) groups is 2. The summed E-state index contributed by atoms with van der Waals surface area (Å²) in [6.07, 6.45) is 3.39. The van der Waals surface area contributed by atoms with Crippen molar-refractivity contribution < 1.29 is 19.1 Å². The second kappa shape index (κ2) is 7.12. The molecule has 1 unspecified atom stereocenters. The zero-order valence-corrected chi connectivity index (χ0v) is 12.3. The maximum Gasteiger partial charge on any atom is 0.303 e. The number of carboxylic acid groups (broad SMARTS) is 1. The molecule has 2 N–H and O–H groups in total. The van der Waals surface area contributed by atoms with E-state index >= 15 is 0 Å². The molecule has 20 heavy (non-hydrogen) atoms. The van der Waals surface area contributed by atoms with Gasteiger partial charge in [0.1, 0.15) is 5.76 Å². The summed E-state index contributed by atoms with van der Waals surface area (Å²) in [6.45, 7) is 5.51. The van der Waals surface area contributed by atoms with Gasteiger partial charge in [0.05, 0.1) is 12.7 Å². The van der Waals surface area contributed by atoms with Crippen LogP contribution in [0.1, 0.15) is 45.8 Å². The highest BCUT2D eigenvalue weighted by Crippen LogP contribution is 2.24. The summed E-state index contributed by atoms with van der Waals surface area (Å²) in [4.78, 5) is 22.6. The highest BCUT2D eigenvalue weighted by atomic mass is 16.4. The summed E-state index contributed by atoms with van der Waals surface area (Å²) in [7, 11) is 0. The highest BCUT2D eigenvalue weighted by Gasteiger charge is 2.25. The molecule has 0 saturated carbocycles. The van der Waals surface area contributed by atoms with Crippen molar-refractivity contribution >= 4 is 11.9 Å². The van der Waals surface area contributed by atoms with Gasteiger partial charge in [0, 0.05) is 18.9 Å². The molecule has 0 aliphatic carbocycles. The Morgan fingerprint density at radius 3 is 2.65 bits per heavy atom. The number of nitrogens with one attached hydrogen (secondary N) is 1. The van der Waals surface area contributed by atoms with Crippen LogP contribution in [0.3, 0.4) is 0 Å². The van der Waals surface area contributed by atoms with Crippen LogP contribution >= 0.6 is 0 Å². The van der Waals surface area contributed by atoms with Gasteiger partial charge in [-0.2, -0.15) is 0 Å². The third kappa shape index (κ3) is 6.41. The molecule has 0 spiro atoms. The van der Waals surface area contributed by atoms with Crippen LogP contribution < -0.4 is 5.32 Å². The molecule has 0 fully saturated rings. The molecule has 0 aromatic carbocycles. The fraction of sp³-hybridized carbons (Fsp3) is 0.600. The monoisotopic (exact) mass is 281 g/mol. The molecule has 0 bridgehead atoms. The minimum atomic E-state index is -0.881. The highest BCUT2D eigenvalue weighted by molar-refractivity contribution is 5.78. The Morgan fingerprint density at radius 1 is 1.40 bits per heavy atom. The third-order valence-corrected chi connectivity index (χ3v) is 3.08. The second-order valence-electron chi connectivity index (χ2n) is 6.00. The van der Waals surface area contributed by atoms with Crippen LogP contribution in [0, 0.1) is 5.41 Å². The SMILES string of the molecule is CC(CCc1ccco1)NC(=O)CC(C)(C)CC(=O)O. The van der Waals surface area contributed by atoms with E-state index in [-0.39, 0.29) is 24.8 Å². The van der Waals surface area contributed by atoms with Crippen LogP contribution in [-0.4, -0.2) is 23.0 Å². The van der Waals surface area contributed by atoms with E-state index in [0.29, 0.717) is 0 Å². The topological polar surface area (TPSA) is 79.5 Å². The molecule has 5 nitrogen and oxygen atoms in total. The second-order valence-corrected chi connectivity index (χ2v) is 6.00. The molecule has 1 aromatic rings. The molecule has 5 heteroatoms. The largest absolute Gasteiger partial charge is 0.481 e. The predicted octanol–water partition coefficient (Wildman–Crippen LogP) is 2.61. The number of aliphatic carboxylic acids is 1. The molecule has 1 heterocycles. The summed E-state index contributed by atoms with van der Waals surface area (Å²) in [5.41, 5.74) is -0.531. The van der Waals surface area contributed by atoms with E-state index in [1.54, 1.807) is 20.1 Å². The fourth-order valence-electron chi connectivity index (χ4n) is 2.12. The van der Waals surface area contributed by atoms with E-state index in [1.807, 2.05) is 19.1 Å². The van der Waals surface area contributed by atoms with E-state index in [9.17, 15) is 9.59 Å². The first-order valence-corrected chi connectivity index (χ1v) is 6.82.